The fraction of sp³-hybridized carbons (Fsp3) is 0.188. The first kappa shape index (κ1) is 18.8. The van der Waals surface area contributed by atoms with Crippen LogP contribution in [0.3, 0.4) is 0 Å². The lowest BCUT2D eigenvalue weighted by atomic mass is 10.1. The van der Waals surface area contributed by atoms with Gasteiger partial charge in [-0.1, -0.05) is 0 Å². The van der Waals surface area contributed by atoms with Gasteiger partial charge >= 0.3 is 0 Å². The Morgan fingerprint density at radius 1 is 1.15 bits per heavy atom. The van der Waals surface area contributed by atoms with E-state index in [0.29, 0.717) is 11.1 Å². The lowest BCUT2D eigenvalue weighted by Gasteiger charge is -2.09. The molecule has 0 aliphatic rings. The van der Waals surface area contributed by atoms with Gasteiger partial charge in [0.15, 0.2) is 9.84 Å². The summed E-state index contributed by atoms with van der Waals surface area (Å²) >= 11 is 1.10. The van der Waals surface area contributed by atoms with E-state index in [1.807, 2.05) is 0 Å². The van der Waals surface area contributed by atoms with E-state index in [0.717, 1.165) is 22.5 Å². The minimum absolute atomic E-state index is 0.0224. The Morgan fingerprint density at radius 3 is 2.42 bits per heavy atom. The third-order valence-electron chi connectivity index (χ3n) is 3.78. The third-order valence-corrected chi connectivity index (χ3v) is 8.29. The predicted octanol–water partition coefficient (Wildman–Crippen LogP) is 1.84. The summed E-state index contributed by atoms with van der Waals surface area (Å²) in [7, 11) is -5.62. The summed E-state index contributed by atoms with van der Waals surface area (Å²) in [6, 6.07) is 7.20. The second-order valence-electron chi connectivity index (χ2n) is 5.76. The van der Waals surface area contributed by atoms with E-state index < -0.39 is 19.7 Å². The Bertz CT molecular complexity index is 1180. The lowest BCUT2D eigenvalue weighted by molar-refractivity contribution is 0.596. The molecular formula is C16H17N3O4S3. The molecule has 3 aromatic rings. The minimum Gasteiger partial charge on any atom is -0.326 e. The van der Waals surface area contributed by atoms with Crippen LogP contribution in [0, 0.1) is 0 Å². The van der Waals surface area contributed by atoms with Crippen molar-refractivity contribution in [2.24, 2.45) is 12.8 Å². The molecule has 0 saturated heterocycles. The van der Waals surface area contributed by atoms with Crippen molar-refractivity contribution in [3.63, 3.8) is 0 Å². The van der Waals surface area contributed by atoms with Gasteiger partial charge < -0.3 is 5.73 Å². The average molecular weight is 412 g/mol. The number of hydrogen-bond acceptors (Lipinski definition) is 7. The van der Waals surface area contributed by atoms with Gasteiger partial charge in [-0.15, -0.1) is 11.3 Å². The normalized spacial score (nSPS) is 12.4. The zero-order valence-corrected chi connectivity index (χ0v) is 16.5. The molecule has 2 N–H and O–H groups in total. The highest BCUT2D eigenvalue weighted by molar-refractivity contribution is 7.93. The number of hydrogen-bond donors (Lipinski definition) is 1. The van der Waals surface area contributed by atoms with Crippen LogP contribution in [-0.2, 0) is 33.3 Å². The number of aromatic nitrogens is 2. The van der Waals surface area contributed by atoms with Gasteiger partial charge in [0.25, 0.3) is 0 Å². The largest absolute Gasteiger partial charge is 0.326 e. The maximum Gasteiger partial charge on any atom is 0.215 e. The Hall–Kier alpha value is -2.01. The first-order valence-corrected chi connectivity index (χ1v) is 11.7. The topological polar surface area (TPSA) is 112 Å². The molecule has 3 rings (SSSR count). The number of thiophene rings is 1. The molecule has 0 bridgehead atoms. The Balaban J connectivity index is 2.21. The second kappa shape index (κ2) is 6.62. The zero-order chi connectivity index (χ0) is 19.1. The Kier molecular flexibility index (Phi) is 4.78. The van der Waals surface area contributed by atoms with Crippen molar-refractivity contribution >= 4 is 31.0 Å². The highest BCUT2D eigenvalue weighted by atomic mass is 32.2. The summed E-state index contributed by atoms with van der Waals surface area (Å²) in [4.78, 5) is 0.830. The SMILES string of the molecule is Cn1cc(-c2cc(S(=O)(=O)c3ccc(CN)s3)ccc2S(C)(=O)=O)cn1. The van der Waals surface area contributed by atoms with E-state index in [9.17, 15) is 16.8 Å². The fourth-order valence-electron chi connectivity index (χ4n) is 2.51. The summed E-state index contributed by atoms with van der Waals surface area (Å²) in [6.07, 6.45) is 4.22. The van der Waals surface area contributed by atoms with E-state index >= 15 is 0 Å². The first-order chi connectivity index (χ1) is 12.1. The van der Waals surface area contributed by atoms with Crippen LogP contribution < -0.4 is 5.73 Å². The van der Waals surface area contributed by atoms with Gasteiger partial charge in [-0.3, -0.25) is 4.68 Å². The van der Waals surface area contributed by atoms with Crippen molar-refractivity contribution < 1.29 is 16.8 Å². The van der Waals surface area contributed by atoms with Crippen molar-refractivity contribution in [1.82, 2.24) is 9.78 Å². The summed E-state index contributed by atoms with van der Waals surface area (Å²) in [5.74, 6) is 0. The summed E-state index contributed by atoms with van der Waals surface area (Å²) in [5.41, 5.74) is 6.38. The molecule has 0 aliphatic carbocycles. The van der Waals surface area contributed by atoms with Crippen molar-refractivity contribution in [1.29, 1.82) is 0 Å². The van der Waals surface area contributed by atoms with E-state index in [-0.39, 0.29) is 20.5 Å². The van der Waals surface area contributed by atoms with Crippen LogP contribution in [-0.4, -0.2) is 32.9 Å². The minimum atomic E-state index is -3.77. The van der Waals surface area contributed by atoms with Crippen LogP contribution in [0.2, 0.25) is 0 Å². The molecule has 26 heavy (non-hydrogen) atoms. The second-order valence-corrected chi connectivity index (χ2v) is 11.1. The van der Waals surface area contributed by atoms with Gasteiger partial charge in [0.1, 0.15) is 4.21 Å². The van der Waals surface area contributed by atoms with Gasteiger partial charge in [-0.05, 0) is 30.3 Å². The van der Waals surface area contributed by atoms with Crippen LogP contribution in [0.4, 0.5) is 0 Å². The van der Waals surface area contributed by atoms with Crippen molar-refractivity contribution in [3.05, 3.63) is 47.6 Å². The number of nitrogens with two attached hydrogens (primary N) is 1. The quantitative estimate of drug-likeness (QED) is 0.686. The molecule has 0 amide bonds. The number of aryl methyl sites for hydroxylation is 1. The van der Waals surface area contributed by atoms with E-state index in [1.165, 1.54) is 35.1 Å². The molecule has 10 heteroatoms. The highest BCUT2D eigenvalue weighted by Gasteiger charge is 2.24. The number of sulfone groups is 2. The first-order valence-electron chi connectivity index (χ1n) is 7.50. The van der Waals surface area contributed by atoms with Gasteiger partial charge in [0.05, 0.1) is 16.0 Å². The summed E-state index contributed by atoms with van der Waals surface area (Å²) < 4.78 is 51.8. The third kappa shape index (κ3) is 3.45. The van der Waals surface area contributed by atoms with Crippen LogP contribution in [0.5, 0.6) is 0 Å². The molecule has 0 atom stereocenters. The molecule has 2 aromatic heterocycles. The average Bonchev–Trinajstić information content (AvgIpc) is 3.22. The van der Waals surface area contributed by atoms with Crippen molar-refractivity contribution in [2.45, 2.75) is 20.5 Å². The summed E-state index contributed by atoms with van der Waals surface area (Å²) in [6.45, 7) is 0.258. The molecule has 0 spiro atoms. The van der Waals surface area contributed by atoms with Gasteiger partial charge in [0, 0.05) is 42.0 Å². The molecule has 2 heterocycles. The molecule has 0 fully saturated rings. The number of rotatable bonds is 5. The van der Waals surface area contributed by atoms with Gasteiger partial charge in [0.2, 0.25) is 9.84 Å². The Labute approximate surface area is 155 Å². The molecule has 0 unspecified atom stereocenters. The Morgan fingerprint density at radius 2 is 1.88 bits per heavy atom. The molecular weight excluding hydrogens is 394 g/mol. The van der Waals surface area contributed by atoms with Crippen LogP contribution in [0.1, 0.15) is 4.88 Å². The molecule has 0 saturated carbocycles. The number of nitrogens with zero attached hydrogens (tertiary/aromatic N) is 2. The molecule has 0 radical (unpaired) electrons. The lowest BCUT2D eigenvalue weighted by Crippen LogP contribution is -2.04. The summed E-state index contributed by atoms with van der Waals surface area (Å²) in [5, 5.41) is 4.04. The highest BCUT2D eigenvalue weighted by Crippen LogP contribution is 2.33. The molecule has 0 aliphatic heterocycles. The van der Waals surface area contributed by atoms with Crippen molar-refractivity contribution in [2.75, 3.05) is 6.26 Å². The van der Waals surface area contributed by atoms with Crippen molar-refractivity contribution in [3.8, 4) is 11.1 Å². The molecule has 7 nitrogen and oxygen atoms in total. The van der Waals surface area contributed by atoms with E-state index in [4.69, 9.17) is 5.73 Å². The number of benzene rings is 1. The monoisotopic (exact) mass is 411 g/mol. The fourth-order valence-corrected chi connectivity index (χ4v) is 6.07. The zero-order valence-electron chi connectivity index (χ0n) is 14.1. The van der Waals surface area contributed by atoms with Crippen LogP contribution in [0.25, 0.3) is 11.1 Å². The smallest absolute Gasteiger partial charge is 0.215 e. The molecule has 1 aromatic carbocycles. The van der Waals surface area contributed by atoms with Gasteiger partial charge in [-0.2, -0.15) is 5.10 Å². The van der Waals surface area contributed by atoms with E-state index in [1.54, 1.807) is 19.3 Å². The van der Waals surface area contributed by atoms with Crippen LogP contribution in [0.15, 0.2) is 56.7 Å². The molecule has 138 valence electrons. The maximum atomic E-state index is 12.9. The standard InChI is InChI=1S/C16H17N3O4S3/c1-19-10-11(9-18-19)14-7-13(4-5-15(14)25(2,20)21)26(22,23)16-6-3-12(8-17)24-16/h3-7,9-10H,8,17H2,1-2H3. The van der Waals surface area contributed by atoms with Gasteiger partial charge in [-0.25, -0.2) is 16.8 Å². The van der Waals surface area contributed by atoms with E-state index in [2.05, 4.69) is 5.10 Å². The van der Waals surface area contributed by atoms with Crippen LogP contribution >= 0.6 is 11.3 Å². The maximum absolute atomic E-state index is 12.9. The predicted molar refractivity (Wildman–Crippen MR) is 99.4 cm³/mol.